The molecule has 0 radical (unpaired) electrons. The molecule has 1 aromatic heterocycles. The number of halogens is 1. The largest absolute Gasteiger partial charge is 0.323 e. The molecule has 3 rings (SSSR count). The first-order valence-electron chi connectivity index (χ1n) is 5.34. The third kappa shape index (κ3) is 1.44. The fourth-order valence-corrected chi connectivity index (χ4v) is 2.43. The van der Waals surface area contributed by atoms with E-state index < -0.39 is 0 Å². The zero-order valence-electron chi connectivity index (χ0n) is 8.73. The van der Waals surface area contributed by atoms with Crippen molar-refractivity contribution in [1.82, 2.24) is 9.78 Å². The molecular formula is C12H12ClN3. The number of fused-ring (bicyclic) bond motifs is 1. The van der Waals surface area contributed by atoms with Gasteiger partial charge < -0.3 is 5.73 Å². The number of aryl methyl sites for hydroxylation is 1. The lowest BCUT2D eigenvalue weighted by Gasteiger charge is -2.09. The Morgan fingerprint density at radius 2 is 2.31 bits per heavy atom. The maximum absolute atomic E-state index is 6.07. The van der Waals surface area contributed by atoms with E-state index in [1.807, 2.05) is 35.1 Å². The fourth-order valence-electron chi connectivity index (χ4n) is 2.24. The normalized spacial score (nSPS) is 18.8. The Morgan fingerprint density at radius 1 is 1.44 bits per heavy atom. The van der Waals surface area contributed by atoms with E-state index in [0.29, 0.717) is 5.02 Å². The number of hydrogen-bond acceptors (Lipinski definition) is 2. The maximum atomic E-state index is 6.07. The summed E-state index contributed by atoms with van der Waals surface area (Å²) in [5.74, 6) is 0. The van der Waals surface area contributed by atoms with Crippen LogP contribution in [-0.4, -0.2) is 9.78 Å². The minimum atomic E-state index is 0.0940. The quantitative estimate of drug-likeness (QED) is 0.823. The van der Waals surface area contributed by atoms with Crippen molar-refractivity contribution in [3.05, 3.63) is 46.7 Å². The van der Waals surface area contributed by atoms with Crippen LogP contribution in [0.25, 0.3) is 5.69 Å². The molecule has 1 heterocycles. The highest BCUT2D eigenvalue weighted by molar-refractivity contribution is 6.30. The summed E-state index contributed by atoms with van der Waals surface area (Å²) in [4.78, 5) is 0. The van der Waals surface area contributed by atoms with Crippen LogP contribution in [0.3, 0.4) is 0 Å². The number of rotatable bonds is 1. The summed E-state index contributed by atoms with van der Waals surface area (Å²) in [6.07, 6.45) is 3.94. The summed E-state index contributed by atoms with van der Waals surface area (Å²) in [6, 6.07) is 7.77. The van der Waals surface area contributed by atoms with E-state index in [1.165, 1.54) is 5.56 Å². The highest BCUT2D eigenvalue weighted by Gasteiger charge is 2.24. The lowest BCUT2D eigenvalue weighted by Crippen LogP contribution is -2.12. The molecule has 0 amide bonds. The molecule has 1 atom stereocenters. The zero-order valence-corrected chi connectivity index (χ0v) is 9.48. The lowest BCUT2D eigenvalue weighted by molar-refractivity contribution is 0.653. The monoisotopic (exact) mass is 233 g/mol. The second kappa shape index (κ2) is 3.61. The van der Waals surface area contributed by atoms with E-state index in [0.717, 1.165) is 24.2 Å². The Hall–Kier alpha value is -1.32. The first kappa shape index (κ1) is 9.87. The van der Waals surface area contributed by atoms with Gasteiger partial charge in [0.2, 0.25) is 0 Å². The van der Waals surface area contributed by atoms with Gasteiger partial charge in [-0.25, -0.2) is 4.68 Å². The van der Waals surface area contributed by atoms with Crippen LogP contribution in [-0.2, 0) is 6.42 Å². The van der Waals surface area contributed by atoms with Gasteiger partial charge in [0.1, 0.15) is 0 Å². The molecule has 1 unspecified atom stereocenters. The van der Waals surface area contributed by atoms with Crippen molar-refractivity contribution in [1.29, 1.82) is 0 Å². The van der Waals surface area contributed by atoms with Gasteiger partial charge in [0.15, 0.2) is 0 Å². The Morgan fingerprint density at radius 3 is 3.12 bits per heavy atom. The molecule has 0 saturated heterocycles. The van der Waals surface area contributed by atoms with Crippen LogP contribution in [0.5, 0.6) is 0 Å². The summed E-state index contributed by atoms with van der Waals surface area (Å²) in [7, 11) is 0. The van der Waals surface area contributed by atoms with Crippen molar-refractivity contribution in [2.24, 2.45) is 5.73 Å². The number of nitrogens with two attached hydrogens (primary N) is 1. The molecule has 4 heteroatoms. The molecule has 2 aromatic rings. The van der Waals surface area contributed by atoms with E-state index >= 15 is 0 Å². The highest BCUT2D eigenvalue weighted by Crippen LogP contribution is 2.31. The third-order valence-corrected chi connectivity index (χ3v) is 3.25. The molecule has 16 heavy (non-hydrogen) atoms. The summed E-state index contributed by atoms with van der Waals surface area (Å²) in [5, 5.41) is 5.09. The zero-order chi connectivity index (χ0) is 11.1. The minimum Gasteiger partial charge on any atom is -0.323 e. The molecular weight excluding hydrogens is 222 g/mol. The van der Waals surface area contributed by atoms with E-state index in [2.05, 4.69) is 5.10 Å². The van der Waals surface area contributed by atoms with Gasteiger partial charge in [0.25, 0.3) is 0 Å². The van der Waals surface area contributed by atoms with Crippen molar-refractivity contribution < 1.29 is 0 Å². The second-order valence-electron chi connectivity index (χ2n) is 4.09. The van der Waals surface area contributed by atoms with Crippen molar-refractivity contribution in [3.63, 3.8) is 0 Å². The topological polar surface area (TPSA) is 43.8 Å². The second-order valence-corrected chi connectivity index (χ2v) is 4.53. The molecule has 1 aromatic carbocycles. The van der Waals surface area contributed by atoms with Crippen molar-refractivity contribution >= 4 is 11.6 Å². The summed E-state index contributed by atoms with van der Waals surface area (Å²) in [6.45, 7) is 0. The first-order chi connectivity index (χ1) is 7.75. The van der Waals surface area contributed by atoms with Crippen LogP contribution in [0.15, 0.2) is 30.5 Å². The van der Waals surface area contributed by atoms with E-state index in [1.54, 1.807) is 0 Å². The predicted molar refractivity (Wildman–Crippen MR) is 63.8 cm³/mol. The smallest absolute Gasteiger partial charge is 0.0664 e. The summed E-state index contributed by atoms with van der Waals surface area (Å²) < 4.78 is 1.90. The third-order valence-electron chi connectivity index (χ3n) is 3.01. The van der Waals surface area contributed by atoms with Gasteiger partial charge in [0, 0.05) is 11.1 Å². The van der Waals surface area contributed by atoms with E-state index in [9.17, 15) is 0 Å². The van der Waals surface area contributed by atoms with Gasteiger partial charge in [-0.2, -0.15) is 5.10 Å². The molecule has 1 aliphatic rings. The fraction of sp³-hybridized carbons (Fsp3) is 0.250. The molecule has 0 saturated carbocycles. The van der Waals surface area contributed by atoms with Gasteiger partial charge in [-0.15, -0.1) is 0 Å². The Balaban J connectivity index is 2.14. The molecule has 3 nitrogen and oxygen atoms in total. The highest BCUT2D eigenvalue weighted by atomic mass is 35.5. The minimum absolute atomic E-state index is 0.0940. The molecule has 82 valence electrons. The Kier molecular flexibility index (Phi) is 2.23. The first-order valence-corrected chi connectivity index (χ1v) is 5.72. The van der Waals surface area contributed by atoms with Crippen molar-refractivity contribution in [2.45, 2.75) is 18.9 Å². The summed E-state index contributed by atoms with van der Waals surface area (Å²) in [5.41, 5.74) is 9.44. The van der Waals surface area contributed by atoms with E-state index in [-0.39, 0.29) is 6.04 Å². The molecule has 1 aliphatic carbocycles. The number of benzene rings is 1. The standard InChI is InChI=1S/C12H12ClN3/c13-9-2-1-3-10(6-9)16-12-8(7-15-16)4-5-11(12)14/h1-3,6-7,11H,4-5,14H2. The van der Waals surface area contributed by atoms with Gasteiger partial charge in [0.05, 0.1) is 17.6 Å². The van der Waals surface area contributed by atoms with Crippen molar-refractivity contribution in [2.75, 3.05) is 0 Å². The van der Waals surface area contributed by atoms with Crippen LogP contribution < -0.4 is 5.73 Å². The van der Waals surface area contributed by atoms with Crippen LogP contribution in [0.4, 0.5) is 0 Å². The lowest BCUT2D eigenvalue weighted by atomic mass is 10.2. The Labute approximate surface area is 98.8 Å². The SMILES string of the molecule is NC1CCc2cnn(-c3cccc(Cl)c3)c21. The number of nitrogens with zero attached hydrogens (tertiary/aromatic N) is 2. The van der Waals surface area contributed by atoms with Gasteiger partial charge in [-0.05, 0) is 36.6 Å². The van der Waals surface area contributed by atoms with Crippen LogP contribution in [0, 0.1) is 0 Å². The van der Waals surface area contributed by atoms with Gasteiger partial charge in [-0.1, -0.05) is 17.7 Å². The Bertz CT molecular complexity index is 533. The number of aromatic nitrogens is 2. The van der Waals surface area contributed by atoms with Crippen LogP contribution in [0.2, 0.25) is 5.02 Å². The average molecular weight is 234 g/mol. The predicted octanol–water partition coefficient (Wildman–Crippen LogP) is 2.47. The van der Waals surface area contributed by atoms with Gasteiger partial charge in [-0.3, -0.25) is 0 Å². The van der Waals surface area contributed by atoms with Crippen molar-refractivity contribution in [3.8, 4) is 5.69 Å². The molecule has 0 aliphatic heterocycles. The molecule has 2 N–H and O–H groups in total. The molecule has 0 spiro atoms. The van der Waals surface area contributed by atoms with Crippen LogP contribution >= 0.6 is 11.6 Å². The molecule has 0 bridgehead atoms. The average Bonchev–Trinajstić information content (AvgIpc) is 2.82. The van der Waals surface area contributed by atoms with Crippen LogP contribution in [0.1, 0.15) is 23.7 Å². The maximum Gasteiger partial charge on any atom is 0.0664 e. The number of hydrogen-bond donors (Lipinski definition) is 1. The van der Waals surface area contributed by atoms with E-state index in [4.69, 9.17) is 17.3 Å². The molecule has 0 fully saturated rings. The summed E-state index contributed by atoms with van der Waals surface area (Å²) >= 11 is 5.98. The van der Waals surface area contributed by atoms with Gasteiger partial charge >= 0.3 is 0 Å².